The molecule has 2 N–H and O–H groups in total. The van der Waals surface area contributed by atoms with Crippen LogP contribution in [0.3, 0.4) is 0 Å². The Bertz CT molecular complexity index is 548. The molecule has 92 valence electrons. The third-order valence-electron chi connectivity index (χ3n) is 2.04. The second kappa shape index (κ2) is 6.23. The van der Waals surface area contributed by atoms with Crippen molar-refractivity contribution in [1.29, 1.82) is 0 Å². The molecule has 0 radical (unpaired) electrons. The van der Waals surface area contributed by atoms with Gasteiger partial charge in [-0.3, -0.25) is 10.4 Å². The lowest BCUT2D eigenvalue weighted by Gasteiger charge is -2.05. The van der Waals surface area contributed by atoms with Gasteiger partial charge in [-0.1, -0.05) is 0 Å². The van der Waals surface area contributed by atoms with Crippen LogP contribution in [0.5, 0.6) is 0 Å². The van der Waals surface area contributed by atoms with Crippen LogP contribution in [0.4, 0.5) is 5.69 Å². The molecule has 0 aromatic carbocycles. The van der Waals surface area contributed by atoms with Gasteiger partial charge in [-0.25, -0.2) is 0 Å². The maximum atomic E-state index is 5.10. The van der Waals surface area contributed by atoms with Crippen LogP contribution >= 0.6 is 23.6 Å². The number of nitrogens with zero attached hydrogens (tertiary/aromatic N) is 2. The molecule has 0 saturated carbocycles. The molecule has 0 saturated heterocycles. The first-order valence-electron chi connectivity index (χ1n) is 5.30. The number of aromatic nitrogens is 1. The van der Waals surface area contributed by atoms with Crippen LogP contribution in [0.25, 0.3) is 0 Å². The van der Waals surface area contributed by atoms with Gasteiger partial charge in [0, 0.05) is 16.0 Å². The number of hydrazone groups is 1. The molecule has 18 heavy (non-hydrogen) atoms. The Labute approximate surface area is 115 Å². The average molecular weight is 276 g/mol. The summed E-state index contributed by atoms with van der Waals surface area (Å²) in [5.41, 5.74) is 3.59. The summed E-state index contributed by atoms with van der Waals surface area (Å²) in [5, 5.41) is 7.48. The minimum absolute atomic E-state index is 0.438. The highest BCUT2D eigenvalue weighted by molar-refractivity contribution is 7.80. The van der Waals surface area contributed by atoms with Crippen molar-refractivity contribution < 1.29 is 0 Å². The van der Waals surface area contributed by atoms with Crippen molar-refractivity contribution in [3.63, 3.8) is 0 Å². The zero-order valence-electron chi connectivity index (χ0n) is 9.75. The molecule has 2 rings (SSSR count). The molecule has 0 aliphatic rings. The van der Waals surface area contributed by atoms with Crippen LogP contribution in [0.15, 0.2) is 41.8 Å². The molecule has 0 atom stereocenters. The van der Waals surface area contributed by atoms with Gasteiger partial charge in [-0.05, 0) is 43.4 Å². The van der Waals surface area contributed by atoms with E-state index in [9.17, 15) is 0 Å². The molecule has 2 aromatic rings. The Kier molecular flexibility index (Phi) is 4.38. The molecule has 0 spiro atoms. The SMILES string of the molecule is Cc1ccc(/C=N\NC(=S)Nc2cccnc2)s1. The van der Waals surface area contributed by atoms with Gasteiger partial charge < -0.3 is 5.32 Å². The fraction of sp³-hybridized carbons (Fsp3) is 0.0833. The lowest BCUT2D eigenvalue weighted by Crippen LogP contribution is -2.23. The highest BCUT2D eigenvalue weighted by Gasteiger charge is 1.95. The zero-order valence-corrected chi connectivity index (χ0v) is 11.4. The number of hydrogen-bond donors (Lipinski definition) is 2. The third kappa shape index (κ3) is 3.90. The number of hydrogen-bond acceptors (Lipinski definition) is 4. The van der Waals surface area contributed by atoms with E-state index in [1.165, 1.54) is 4.88 Å². The first-order chi connectivity index (χ1) is 8.74. The van der Waals surface area contributed by atoms with Crippen molar-refractivity contribution in [3.05, 3.63) is 46.4 Å². The van der Waals surface area contributed by atoms with Crippen LogP contribution in [-0.4, -0.2) is 16.3 Å². The van der Waals surface area contributed by atoms with Gasteiger partial charge in [0.05, 0.1) is 18.1 Å². The summed E-state index contributed by atoms with van der Waals surface area (Å²) in [6, 6.07) is 7.79. The molecule has 2 aromatic heterocycles. The Morgan fingerprint density at radius 2 is 2.33 bits per heavy atom. The molecule has 6 heteroatoms. The Morgan fingerprint density at radius 1 is 1.44 bits per heavy atom. The third-order valence-corrected chi connectivity index (χ3v) is 3.17. The van der Waals surface area contributed by atoms with Crippen molar-refractivity contribution >= 4 is 40.6 Å². The van der Waals surface area contributed by atoms with Gasteiger partial charge in [-0.15, -0.1) is 11.3 Å². The summed E-state index contributed by atoms with van der Waals surface area (Å²) in [6.45, 7) is 2.06. The van der Waals surface area contributed by atoms with E-state index in [1.54, 1.807) is 29.9 Å². The first kappa shape index (κ1) is 12.7. The second-order valence-electron chi connectivity index (χ2n) is 3.51. The predicted molar refractivity (Wildman–Crippen MR) is 80.2 cm³/mol. The van der Waals surface area contributed by atoms with E-state index in [1.807, 2.05) is 18.2 Å². The van der Waals surface area contributed by atoms with E-state index >= 15 is 0 Å². The maximum absolute atomic E-state index is 5.10. The van der Waals surface area contributed by atoms with E-state index < -0.39 is 0 Å². The molecule has 0 unspecified atom stereocenters. The Morgan fingerprint density at radius 3 is 3.00 bits per heavy atom. The summed E-state index contributed by atoms with van der Waals surface area (Å²) in [6.07, 6.45) is 5.15. The van der Waals surface area contributed by atoms with Crippen molar-refractivity contribution in [1.82, 2.24) is 10.4 Å². The van der Waals surface area contributed by atoms with Crippen molar-refractivity contribution in [2.75, 3.05) is 5.32 Å². The summed E-state index contributed by atoms with van der Waals surface area (Å²) >= 11 is 6.78. The zero-order chi connectivity index (χ0) is 12.8. The van der Waals surface area contributed by atoms with Gasteiger partial charge >= 0.3 is 0 Å². The predicted octanol–water partition coefficient (Wildman–Crippen LogP) is 2.77. The van der Waals surface area contributed by atoms with Gasteiger partial charge in [0.2, 0.25) is 0 Å². The minimum Gasteiger partial charge on any atom is -0.330 e. The first-order valence-corrected chi connectivity index (χ1v) is 6.53. The molecular weight excluding hydrogens is 264 g/mol. The van der Waals surface area contributed by atoms with Crippen LogP contribution in [0.2, 0.25) is 0 Å². The summed E-state index contributed by atoms with van der Waals surface area (Å²) in [7, 11) is 0. The molecule has 0 bridgehead atoms. The fourth-order valence-corrected chi connectivity index (χ4v) is 2.19. The van der Waals surface area contributed by atoms with E-state index in [2.05, 4.69) is 33.8 Å². The number of nitrogens with one attached hydrogen (secondary N) is 2. The van der Waals surface area contributed by atoms with E-state index in [0.29, 0.717) is 5.11 Å². The fourth-order valence-electron chi connectivity index (χ4n) is 1.27. The number of thiophene rings is 1. The van der Waals surface area contributed by atoms with Gasteiger partial charge in [0.1, 0.15) is 0 Å². The molecule has 0 fully saturated rings. The van der Waals surface area contributed by atoms with Gasteiger partial charge in [0.25, 0.3) is 0 Å². The largest absolute Gasteiger partial charge is 0.330 e. The number of aryl methyl sites for hydroxylation is 1. The molecule has 0 aliphatic carbocycles. The van der Waals surface area contributed by atoms with Crippen molar-refractivity contribution in [3.8, 4) is 0 Å². The lowest BCUT2D eigenvalue weighted by atomic mass is 10.4. The average Bonchev–Trinajstić information content (AvgIpc) is 2.76. The number of rotatable bonds is 3. The summed E-state index contributed by atoms with van der Waals surface area (Å²) < 4.78 is 0. The monoisotopic (exact) mass is 276 g/mol. The molecule has 0 amide bonds. The van der Waals surface area contributed by atoms with Crippen LogP contribution in [-0.2, 0) is 0 Å². The normalized spacial score (nSPS) is 10.5. The van der Waals surface area contributed by atoms with Gasteiger partial charge in [0.15, 0.2) is 5.11 Å². The molecule has 4 nitrogen and oxygen atoms in total. The van der Waals surface area contributed by atoms with E-state index in [-0.39, 0.29) is 0 Å². The number of anilines is 1. The quantitative estimate of drug-likeness (QED) is 0.514. The standard InChI is InChI=1S/C12H12N4S2/c1-9-4-5-11(18-9)8-14-16-12(17)15-10-3-2-6-13-7-10/h2-8H,1H3,(H2,15,16,17)/b14-8-. The molecule has 0 aliphatic heterocycles. The summed E-state index contributed by atoms with van der Waals surface area (Å²) in [4.78, 5) is 6.33. The maximum Gasteiger partial charge on any atom is 0.191 e. The topological polar surface area (TPSA) is 49.3 Å². The lowest BCUT2D eigenvalue weighted by molar-refractivity contribution is 1.05. The Balaban J connectivity index is 1.83. The van der Waals surface area contributed by atoms with Crippen molar-refractivity contribution in [2.24, 2.45) is 5.10 Å². The van der Waals surface area contributed by atoms with Crippen LogP contribution < -0.4 is 10.7 Å². The van der Waals surface area contributed by atoms with Gasteiger partial charge in [-0.2, -0.15) is 5.10 Å². The van der Waals surface area contributed by atoms with Crippen LogP contribution in [0, 0.1) is 6.92 Å². The Hall–Kier alpha value is -1.79. The molecular formula is C12H12N4S2. The highest BCUT2D eigenvalue weighted by atomic mass is 32.1. The van der Waals surface area contributed by atoms with Crippen LogP contribution in [0.1, 0.15) is 9.75 Å². The summed E-state index contributed by atoms with van der Waals surface area (Å²) in [5.74, 6) is 0. The van der Waals surface area contributed by atoms with E-state index in [0.717, 1.165) is 10.6 Å². The second-order valence-corrected chi connectivity index (χ2v) is 5.24. The smallest absolute Gasteiger partial charge is 0.191 e. The highest BCUT2D eigenvalue weighted by Crippen LogP contribution is 2.12. The van der Waals surface area contributed by atoms with E-state index in [4.69, 9.17) is 12.2 Å². The number of thiocarbonyl (C=S) groups is 1. The van der Waals surface area contributed by atoms with Crippen molar-refractivity contribution in [2.45, 2.75) is 6.92 Å². The minimum atomic E-state index is 0.438. The number of pyridine rings is 1. The molecule has 2 heterocycles.